The van der Waals surface area contributed by atoms with Crippen molar-refractivity contribution in [1.29, 1.82) is 0 Å². The monoisotopic (exact) mass is 565 g/mol. The number of aromatic nitrogens is 5. The first-order valence-electron chi connectivity index (χ1n) is 13.7. The number of amides is 1. The minimum atomic E-state index is -0.238. The number of methoxy groups -OCH3 is 1. The third kappa shape index (κ3) is 6.08. The number of piperidine rings is 1. The standard InChI is InChI=1S/C30H31N9O3/c1-42-25-15-22(39-12-9-23(40)10-13-39)7-8-24(25)36-30-37-27-26(33-18-34-27)28(38-30)35-21-6-2-5-20(14-21)29(41)32-17-19-4-3-11-31-16-19/h2-8,11,14-16,18,23,40H,9-10,12-13,17H2,1H3,(H,32,41)(H3,33,34,35,36,37,38). The van der Waals surface area contributed by atoms with Crippen LogP contribution in [-0.4, -0.2) is 62.2 Å². The molecule has 0 saturated carbocycles. The number of rotatable bonds is 9. The van der Waals surface area contributed by atoms with Crippen molar-refractivity contribution in [2.24, 2.45) is 0 Å². The highest BCUT2D eigenvalue weighted by molar-refractivity contribution is 5.95. The van der Waals surface area contributed by atoms with Crippen molar-refractivity contribution in [2.75, 3.05) is 35.7 Å². The Morgan fingerprint density at radius 1 is 1.10 bits per heavy atom. The van der Waals surface area contributed by atoms with Crippen molar-refractivity contribution in [3.8, 4) is 5.75 Å². The number of carbonyl (C=O) groups is 1. The minimum Gasteiger partial charge on any atom is -0.494 e. The van der Waals surface area contributed by atoms with Crippen molar-refractivity contribution >= 4 is 45.9 Å². The number of aliphatic hydroxyl groups excluding tert-OH is 1. The van der Waals surface area contributed by atoms with Gasteiger partial charge in [0, 0.05) is 55.0 Å². The molecule has 3 aromatic heterocycles. The minimum absolute atomic E-state index is 0.199. The molecule has 1 fully saturated rings. The number of aliphatic hydroxyl groups is 1. The average Bonchev–Trinajstić information content (AvgIpc) is 3.50. The molecule has 1 amide bonds. The van der Waals surface area contributed by atoms with Crippen molar-refractivity contribution < 1.29 is 14.6 Å². The van der Waals surface area contributed by atoms with Crippen LogP contribution in [0.5, 0.6) is 5.75 Å². The first-order valence-corrected chi connectivity index (χ1v) is 13.7. The predicted octanol–water partition coefficient (Wildman–Crippen LogP) is 4.13. The molecule has 1 aliphatic rings. The number of benzene rings is 2. The number of nitrogens with one attached hydrogen (secondary N) is 4. The van der Waals surface area contributed by atoms with Gasteiger partial charge < -0.3 is 35.7 Å². The summed E-state index contributed by atoms with van der Waals surface area (Å²) >= 11 is 0. The molecule has 0 bridgehead atoms. The van der Waals surface area contributed by atoms with Crippen LogP contribution in [0.2, 0.25) is 0 Å². The van der Waals surface area contributed by atoms with Gasteiger partial charge in [-0.2, -0.15) is 9.97 Å². The molecule has 4 heterocycles. The molecule has 0 radical (unpaired) electrons. The van der Waals surface area contributed by atoms with Gasteiger partial charge >= 0.3 is 0 Å². The first kappa shape index (κ1) is 27.0. The molecule has 0 aliphatic carbocycles. The van der Waals surface area contributed by atoms with Crippen LogP contribution in [-0.2, 0) is 6.54 Å². The molecule has 0 unspecified atom stereocenters. The van der Waals surface area contributed by atoms with Gasteiger partial charge in [-0.1, -0.05) is 12.1 Å². The topological polar surface area (TPSA) is 153 Å². The van der Waals surface area contributed by atoms with Crippen LogP contribution in [0.15, 0.2) is 73.3 Å². The molecular formula is C30H31N9O3. The summed E-state index contributed by atoms with van der Waals surface area (Å²) in [6, 6.07) is 16.8. The molecule has 0 spiro atoms. The maximum atomic E-state index is 12.8. The lowest BCUT2D eigenvalue weighted by atomic mass is 10.1. The van der Waals surface area contributed by atoms with E-state index in [1.54, 1.807) is 44.0 Å². The highest BCUT2D eigenvalue weighted by Gasteiger charge is 2.19. The molecule has 2 aromatic carbocycles. The van der Waals surface area contributed by atoms with Gasteiger partial charge in [0.25, 0.3) is 5.91 Å². The number of ether oxygens (including phenoxy) is 1. The fraction of sp³-hybridized carbons (Fsp3) is 0.233. The maximum Gasteiger partial charge on any atom is 0.251 e. The lowest BCUT2D eigenvalue weighted by molar-refractivity contribution is 0.0951. The maximum absolute atomic E-state index is 12.8. The predicted molar refractivity (Wildman–Crippen MR) is 161 cm³/mol. The number of imidazole rings is 1. The summed E-state index contributed by atoms with van der Waals surface area (Å²) in [6.45, 7) is 1.96. The number of nitrogens with zero attached hydrogens (tertiary/aromatic N) is 5. The van der Waals surface area contributed by atoms with Crippen LogP contribution < -0.4 is 25.6 Å². The Morgan fingerprint density at radius 2 is 1.98 bits per heavy atom. The van der Waals surface area contributed by atoms with Gasteiger partial charge in [0.05, 0.1) is 25.2 Å². The van der Waals surface area contributed by atoms with Gasteiger partial charge in [0.2, 0.25) is 5.95 Å². The second-order valence-corrected chi connectivity index (χ2v) is 9.97. The quantitative estimate of drug-likeness (QED) is 0.176. The Morgan fingerprint density at radius 3 is 2.79 bits per heavy atom. The molecule has 12 heteroatoms. The molecule has 42 heavy (non-hydrogen) atoms. The van der Waals surface area contributed by atoms with Gasteiger partial charge in [-0.3, -0.25) is 9.78 Å². The van der Waals surface area contributed by atoms with Crippen LogP contribution in [0.3, 0.4) is 0 Å². The van der Waals surface area contributed by atoms with E-state index in [1.165, 1.54) is 0 Å². The van der Waals surface area contributed by atoms with Crippen LogP contribution in [0.4, 0.5) is 28.8 Å². The van der Waals surface area contributed by atoms with Gasteiger partial charge in [-0.25, -0.2) is 4.98 Å². The molecule has 5 aromatic rings. The van der Waals surface area contributed by atoms with Crippen LogP contribution in [0, 0.1) is 0 Å². The van der Waals surface area contributed by atoms with E-state index in [4.69, 9.17) is 9.72 Å². The fourth-order valence-electron chi connectivity index (χ4n) is 4.87. The smallest absolute Gasteiger partial charge is 0.251 e. The van der Waals surface area contributed by atoms with E-state index in [0.29, 0.717) is 52.2 Å². The number of anilines is 5. The Balaban J connectivity index is 1.20. The zero-order chi connectivity index (χ0) is 28.9. The van der Waals surface area contributed by atoms with E-state index in [1.807, 2.05) is 36.4 Å². The SMILES string of the molecule is COc1cc(N2CCC(O)CC2)ccc1Nc1nc(Nc2cccc(C(=O)NCc3cccnc3)c2)c2[nH]cnc2n1. The average molecular weight is 566 g/mol. The second kappa shape index (κ2) is 12.1. The van der Waals surface area contributed by atoms with E-state index in [0.717, 1.165) is 37.2 Å². The Kier molecular flexibility index (Phi) is 7.77. The third-order valence-corrected chi connectivity index (χ3v) is 7.11. The summed E-state index contributed by atoms with van der Waals surface area (Å²) in [5.74, 6) is 1.27. The molecule has 12 nitrogen and oxygen atoms in total. The van der Waals surface area contributed by atoms with Gasteiger partial charge in [0.1, 0.15) is 11.3 Å². The Bertz CT molecular complexity index is 1680. The molecule has 214 valence electrons. The van der Waals surface area contributed by atoms with Gasteiger partial charge in [-0.15, -0.1) is 0 Å². The second-order valence-electron chi connectivity index (χ2n) is 9.97. The third-order valence-electron chi connectivity index (χ3n) is 7.11. The molecule has 1 aliphatic heterocycles. The van der Waals surface area contributed by atoms with Gasteiger partial charge in [0.15, 0.2) is 11.5 Å². The highest BCUT2D eigenvalue weighted by atomic mass is 16.5. The lowest BCUT2D eigenvalue weighted by Crippen LogP contribution is -2.35. The van der Waals surface area contributed by atoms with Crippen LogP contribution >= 0.6 is 0 Å². The summed E-state index contributed by atoms with van der Waals surface area (Å²) in [6.07, 6.45) is 6.23. The van der Waals surface area contributed by atoms with Crippen molar-refractivity contribution in [1.82, 2.24) is 30.2 Å². The Labute approximate surface area is 242 Å². The fourth-order valence-corrected chi connectivity index (χ4v) is 4.87. The van der Waals surface area contributed by atoms with Crippen molar-refractivity contribution in [2.45, 2.75) is 25.5 Å². The number of H-pyrrole nitrogens is 1. The number of fused-ring (bicyclic) bond motifs is 1. The number of hydrogen-bond acceptors (Lipinski definition) is 10. The van der Waals surface area contributed by atoms with E-state index >= 15 is 0 Å². The van der Waals surface area contributed by atoms with Crippen LogP contribution in [0.1, 0.15) is 28.8 Å². The number of hydrogen-bond donors (Lipinski definition) is 5. The summed E-state index contributed by atoms with van der Waals surface area (Å²) in [4.78, 5) is 35.8. The largest absolute Gasteiger partial charge is 0.494 e. The Hall–Kier alpha value is -5.23. The van der Waals surface area contributed by atoms with Crippen molar-refractivity contribution in [3.63, 3.8) is 0 Å². The van der Waals surface area contributed by atoms with Gasteiger partial charge in [-0.05, 0) is 54.8 Å². The normalized spacial score (nSPS) is 13.6. The summed E-state index contributed by atoms with van der Waals surface area (Å²) < 4.78 is 5.68. The molecule has 1 saturated heterocycles. The summed E-state index contributed by atoms with van der Waals surface area (Å²) in [7, 11) is 1.62. The summed E-state index contributed by atoms with van der Waals surface area (Å²) in [5, 5.41) is 19.3. The number of pyridine rings is 1. The number of aromatic amines is 1. The molecule has 6 rings (SSSR count). The van der Waals surface area contributed by atoms with Crippen molar-refractivity contribution in [3.05, 3.63) is 84.4 Å². The zero-order valence-corrected chi connectivity index (χ0v) is 23.0. The van der Waals surface area contributed by atoms with E-state index < -0.39 is 0 Å². The zero-order valence-electron chi connectivity index (χ0n) is 23.0. The van der Waals surface area contributed by atoms with Crippen LogP contribution in [0.25, 0.3) is 11.2 Å². The van der Waals surface area contributed by atoms with E-state index in [-0.39, 0.29) is 12.0 Å². The highest BCUT2D eigenvalue weighted by Crippen LogP contribution is 2.33. The molecule has 0 atom stereocenters. The number of carbonyl (C=O) groups excluding carboxylic acids is 1. The lowest BCUT2D eigenvalue weighted by Gasteiger charge is -2.31. The summed E-state index contributed by atoms with van der Waals surface area (Å²) in [5.41, 5.74) is 4.93. The first-order chi connectivity index (χ1) is 20.6. The molecule has 5 N–H and O–H groups in total. The molecular weight excluding hydrogens is 534 g/mol. The van der Waals surface area contributed by atoms with E-state index in [9.17, 15) is 9.90 Å². The van der Waals surface area contributed by atoms with E-state index in [2.05, 4.69) is 40.8 Å².